The van der Waals surface area contributed by atoms with E-state index in [0.29, 0.717) is 17.8 Å². The molecule has 33 heavy (non-hydrogen) atoms. The van der Waals surface area contributed by atoms with E-state index in [4.69, 9.17) is 0 Å². The molecular weight excluding hydrogens is 412 g/mol. The predicted octanol–water partition coefficient (Wildman–Crippen LogP) is 4.23. The van der Waals surface area contributed by atoms with Crippen molar-refractivity contribution in [1.29, 1.82) is 5.26 Å². The number of pyridine rings is 2. The highest BCUT2D eigenvalue weighted by molar-refractivity contribution is 6.00. The monoisotopic (exact) mass is 436 g/mol. The Bertz CT molecular complexity index is 1390. The van der Waals surface area contributed by atoms with Crippen molar-refractivity contribution in [3.63, 3.8) is 0 Å². The number of aryl methyl sites for hydroxylation is 1. The minimum atomic E-state index is -0.202. The summed E-state index contributed by atoms with van der Waals surface area (Å²) < 4.78 is 1.97. The minimum absolute atomic E-state index is 0.202. The first-order valence-electron chi connectivity index (χ1n) is 10.5. The number of hydrogen-bond acceptors (Lipinski definition) is 5. The number of carbonyl (C=O) groups is 1. The summed E-state index contributed by atoms with van der Waals surface area (Å²) in [7, 11) is 5.84. The van der Waals surface area contributed by atoms with Crippen LogP contribution in [0.5, 0.6) is 0 Å². The molecule has 164 valence electrons. The Morgan fingerprint density at radius 1 is 1.15 bits per heavy atom. The molecule has 3 aromatic heterocycles. The largest absolute Gasteiger partial charge is 0.335 e. The van der Waals surface area contributed by atoms with Gasteiger partial charge in [0.25, 0.3) is 0 Å². The van der Waals surface area contributed by atoms with Crippen LogP contribution in [0.1, 0.15) is 5.56 Å². The van der Waals surface area contributed by atoms with E-state index in [-0.39, 0.29) is 5.91 Å². The van der Waals surface area contributed by atoms with Crippen LogP contribution in [-0.4, -0.2) is 46.0 Å². The van der Waals surface area contributed by atoms with Crippen molar-refractivity contribution in [2.45, 2.75) is 0 Å². The van der Waals surface area contributed by atoms with E-state index in [1.54, 1.807) is 24.7 Å². The lowest BCUT2D eigenvalue weighted by atomic mass is 10.0. The summed E-state index contributed by atoms with van der Waals surface area (Å²) in [6, 6.07) is 13.7. The number of nitrogens with one attached hydrogen (secondary N) is 1. The van der Waals surface area contributed by atoms with Crippen LogP contribution in [-0.2, 0) is 11.8 Å². The van der Waals surface area contributed by atoms with Gasteiger partial charge in [0.15, 0.2) is 0 Å². The highest BCUT2D eigenvalue weighted by Crippen LogP contribution is 2.33. The fraction of sp³-hybridized carbons (Fsp3) is 0.154. The molecule has 7 heteroatoms. The Labute approximate surface area is 192 Å². The van der Waals surface area contributed by atoms with E-state index in [0.717, 1.165) is 33.3 Å². The van der Waals surface area contributed by atoms with Crippen molar-refractivity contribution < 1.29 is 4.79 Å². The molecule has 4 rings (SSSR count). The summed E-state index contributed by atoms with van der Waals surface area (Å²) in [5.74, 6) is -0.202. The van der Waals surface area contributed by atoms with Gasteiger partial charge in [-0.2, -0.15) is 5.26 Å². The maximum Gasteiger partial charge on any atom is 0.248 e. The number of amides is 1. The third-order valence-corrected chi connectivity index (χ3v) is 5.20. The number of carbonyl (C=O) groups excluding carboxylic acids is 1. The smallest absolute Gasteiger partial charge is 0.248 e. The van der Waals surface area contributed by atoms with Gasteiger partial charge in [-0.15, -0.1) is 0 Å². The summed E-state index contributed by atoms with van der Waals surface area (Å²) in [5, 5.41) is 13.1. The Morgan fingerprint density at radius 3 is 2.76 bits per heavy atom. The van der Waals surface area contributed by atoms with Gasteiger partial charge in [-0.1, -0.05) is 18.2 Å². The molecule has 1 aromatic carbocycles. The van der Waals surface area contributed by atoms with E-state index in [9.17, 15) is 10.1 Å². The normalized spacial score (nSPS) is 11.2. The number of rotatable bonds is 6. The molecule has 0 bridgehead atoms. The summed E-state index contributed by atoms with van der Waals surface area (Å²) in [4.78, 5) is 23.1. The van der Waals surface area contributed by atoms with Crippen LogP contribution < -0.4 is 5.32 Å². The zero-order valence-electron chi connectivity index (χ0n) is 18.8. The van der Waals surface area contributed by atoms with Gasteiger partial charge < -0.3 is 14.8 Å². The minimum Gasteiger partial charge on any atom is -0.335 e. The number of anilines is 1. The van der Waals surface area contributed by atoms with E-state index >= 15 is 0 Å². The number of benzene rings is 1. The molecule has 0 spiro atoms. The summed E-state index contributed by atoms with van der Waals surface area (Å²) in [5.41, 5.74) is 5.77. The molecule has 0 saturated heterocycles. The number of fused-ring (bicyclic) bond motifs is 1. The van der Waals surface area contributed by atoms with Crippen LogP contribution in [0, 0.1) is 11.3 Å². The zero-order valence-corrected chi connectivity index (χ0v) is 18.8. The molecule has 1 amide bonds. The molecule has 0 radical (unpaired) electrons. The maximum absolute atomic E-state index is 12.2. The third-order valence-electron chi connectivity index (χ3n) is 5.20. The standard InChI is InChI=1S/C26H24N6O/c1-31(2)9-5-8-25(33)30-22-11-20(14-28-16-22)21-12-23-24(17-32(3)26(23)29-15-21)19-7-4-6-18(10-19)13-27/h4-8,10-12,14-17H,9H2,1-3H3,(H,30,33)/b8-5+. The predicted molar refractivity (Wildman–Crippen MR) is 130 cm³/mol. The Kier molecular flexibility index (Phi) is 6.29. The molecule has 4 aromatic rings. The average Bonchev–Trinajstić information content (AvgIpc) is 3.15. The second kappa shape index (κ2) is 9.47. The topological polar surface area (TPSA) is 86.8 Å². The number of aromatic nitrogens is 3. The van der Waals surface area contributed by atoms with Crippen LogP contribution in [0.4, 0.5) is 5.69 Å². The fourth-order valence-corrected chi connectivity index (χ4v) is 3.63. The van der Waals surface area contributed by atoms with Gasteiger partial charge in [-0.05, 0) is 43.9 Å². The average molecular weight is 437 g/mol. The Balaban J connectivity index is 1.67. The summed E-state index contributed by atoms with van der Waals surface area (Å²) in [6.45, 7) is 0.689. The van der Waals surface area contributed by atoms with Crippen molar-refractivity contribution >= 4 is 22.6 Å². The molecule has 0 saturated carbocycles. The van der Waals surface area contributed by atoms with Gasteiger partial charge in [0.05, 0.1) is 23.5 Å². The molecule has 0 aliphatic carbocycles. The molecule has 1 N–H and O–H groups in total. The molecule has 0 fully saturated rings. The van der Waals surface area contributed by atoms with Crippen LogP contribution in [0.25, 0.3) is 33.3 Å². The SMILES string of the molecule is CN(C)C/C=C/C(=O)Nc1cncc(-c2cnc3c(c2)c(-c2cccc(C#N)c2)cn3C)c1. The lowest BCUT2D eigenvalue weighted by Crippen LogP contribution is -2.13. The van der Waals surface area contributed by atoms with Gasteiger partial charge in [0.2, 0.25) is 5.91 Å². The maximum atomic E-state index is 12.2. The van der Waals surface area contributed by atoms with Gasteiger partial charge in [-0.3, -0.25) is 9.78 Å². The van der Waals surface area contributed by atoms with Gasteiger partial charge >= 0.3 is 0 Å². The van der Waals surface area contributed by atoms with Gasteiger partial charge in [-0.25, -0.2) is 4.98 Å². The second-order valence-electron chi connectivity index (χ2n) is 8.06. The Hall–Kier alpha value is -4.28. The summed E-state index contributed by atoms with van der Waals surface area (Å²) >= 11 is 0. The van der Waals surface area contributed by atoms with E-state index in [1.165, 1.54) is 6.08 Å². The van der Waals surface area contributed by atoms with Crippen LogP contribution in [0.3, 0.4) is 0 Å². The molecule has 0 aliphatic rings. The van der Waals surface area contributed by atoms with E-state index in [1.807, 2.05) is 67.1 Å². The first-order chi connectivity index (χ1) is 15.9. The van der Waals surface area contributed by atoms with Gasteiger partial charge in [0.1, 0.15) is 5.65 Å². The molecular formula is C26H24N6O. The molecule has 7 nitrogen and oxygen atoms in total. The quantitative estimate of drug-likeness (QED) is 0.457. The van der Waals surface area contributed by atoms with Crippen LogP contribution in [0.15, 0.2) is 73.3 Å². The molecule has 0 unspecified atom stereocenters. The summed E-state index contributed by atoms with van der Waals surface area (Å²) in [6.07, 6.45) is 10.5. The van der Waals surface area contributed by atoms with Crippen molar-refractivity contribution in [1.82, 2.24) is 19.4 Å². The Morgan fingerprint density at radius 2 is 1.97 bits per heavy atom. The van der Waals surface area contributed by atoms with Crippen LogP contribution in [0.2, 0.25) is 0 Å². The van der Waals surface area contributed by atoms with E-state index < -0.39 is 0 Å². The van der Waals surface area contributed by atoms with E-state index in [2.05, 4.69) is 27.4 Å². The number of hydrogen-bond donors (Lipinski definition) is 1. The first-order valence-corrected chi connectivity index (χ1v) is 10.5. The number of nitriles is 1. The number of likely N-dealkylation sites (N-methyl/N-ethyl adjacent to an activating group) is 1. The zero-order chi connectivity index (χ0) is 23.4. The van der Waals surface area contributed by atoms with Crippen molar-refractivity contribution in [2.24, 2.45) is 7.05 Å². The van der Waals surface area contributed by atoms with Crippen molar-refractivity contribution in [3.05, 3.63) is 78.9 Å². The lowest BCUT2D eigenvalue weighted by molar-refractivity contribution is -0.111. The van der Waals surface area contributed by atoms with Crippen molar-refractivity contribution in [2.75, 3.05) is 26.0 Å². The molecule has 0 atom stereocenters. The second-order valence-corrected chi connectivity index (χ2v) is 8.06. The van der Waals surface area contributed by atoms with Crippen molar-refractivity contribution in [3.8, 4) is 28.3 Å². The third kappa shape index (κ3) is 4.97. The lowest BCUT2D eigenvalue weighted by Gasteiger charge is -2.07. The molecule has 3 heterocycles. The first kappa shape index (κ1) is 21.9. The molecule has 0 aliphatic heterocycles. The van der Waals surface area contributed by atoms with Gasteiger partial charge in [0, 0.05) is 60.3 Å². The fourth-order valence-electron chi connectivity index (χ4n) is 3.63. The number of nitrogens with zero attached hydrogens (tertiary/aromatic N) is 5. The highest BCUT2D eigenvalue weighted by atomic mass is 16.1. The highest BCUT2D eigenvalue weighted by Gasteiger charge is 2.12. The van der Waals surface area contributed by atoms with Crippen LogP contribution >= 0.6 is 0 Å².